The van der Waals surface area contributed by atoms with Crippen molar-refractivity contribution in [2.75, 3.05) is 32.8 Å². The third kappa shape index (κ3) is 4.12. The van der Waals surface area contributed by atoms with Crippen molar-refractivity contribution in [1.29, 1.82) is 0 Å². The third-order valence-corrected chi connectivity index (χ3v) is 5.11. The predicted octanol–water partition coefficient (Wildman–Crippen LogP) is 3.18. The Morgan fingerprint density at radius 3 is 2.71 bits per heavy atom. The molecule has 1 unspecified atom stereocenters. The topological polar surface area (TPSA) is 24.5 Å². The lowest BCUT2D eigenvalue weighted by Crippen LogP contribution is -2.42. The van der Waals surface area contributed by atoms with Gasteiger partial charge in [-0.2, -0.15) is 0 Å². The van der Waals surface area contributed by atoms with E-state index >= 15 is 0 Å². The number of ether oxygens (including phenoxy) is 1. The predicted molar refractivity (Wildman–Crippen MR) is 87.1 cm³/mol. The average molecular weight is 309 g/mol. The molecule has 2 heterocycles. The molecule has 2 fully saturated rings. The van der Waals surface area contributed by atoms with Crippen molar-refractivity contribution in [3.05, 3.63) is 29.3 Å². The number of nitrogens with zero attached hydrogens (tertiary/aromatic N) is 1. The van der Waals surface area contributed by atoms with E-state index in [9.17, 15) is 0 Å². The number of para-hydroxylation sites is 1. The van der Waals surface area contributed by atoms with E-state index in [2.05, 4.69) is 10.2 Å². The molecule has 0 spiro atoms. The van der Waals surface area contributed by atoms with E-state index in [-0.39, 0.29) is 0 Å². The number of rotatable bonds is 5. The summed E-state index contributed by atoms with van der Waals surface area (Å²) in [5, 5.41) is 4.35. The van der Waals surface area contributed by atoms with E-state index in [1.165, 1.54) is 45.3 Å². The van der Waals surface area contributed by atoms with E-state index in [0.717, 1.165) is 30.9 Å². The molecule has 0 aliphatic carbocycles. The molecule has 21 heavy (non-hydrogen) atoms. The van der Waals surface area contributed by atoms with Gasteiger partial charge in [0.25, 0.3) is 0 Å². The Kier molecular flexibility index (Phi) is 5.39. The highest BCUT2D eigenvalue weighted by Gasteiger charge is 2.28. The van der Waals surface area contributed by atoms with Crippen molar-refractivity contribution in [3.8, 4) is 5.75 Å². The Hall–Kier alpha value is -0.770. The Bertz CT molecular complexity index is 440. The first-order chi connectivity index (χ1) is 10.3. The minimum Gasteiger partial charge on any atom is -0.491 e. The van der Waals surface area contributed by atoms with Gasteiger partial charge in [0.1, 0.15) is 12.4 Å². The molecule has 1 aromatic carbocycles. The highest BCUT2D eigenvalue weighted by Crippen LogP contribution is 2.26. The summed E-state index contributed by atoms with van der Waals surface area (Å²) in [6, 6.07) is 8.47. The molecule has 116 valence electrons. The molecule has 2 aliphatic rings. The van der Waals surface area contributed by atoms with Crippen molar-refractivity contribution < 1.29 is 4.74 Å². The summed E-state index contributed by atoms with van der Waals surface area (Å²) in [6.45, 7) is 5.34. The van der Waals surface area contributed by atoms with Gasteiger partial charge in [-0.25, -0.2) is 0 Å². The van der Waals surface area contributed by atoms with Crippen LogP contribution in [0.4, 0.5) is 0 Å². The van der Waals surface area contributed by atoms with Crippen molar-refractivity contribution in [3.63, 3.8) is 0 Å². The molecule has 3 rings (SSSR count). The minimum atomic E-state index is 0.698. The number of hydrogen-bond acceptors (Lipinski definition) is 3. The van der Waals surface area contributed by atoms with Crippen LogP contribution in [-0.4, -0.2) is 43.7 Å². The smallest absolute Gasteiger partial charge is 0.137 e. The zero-order chi connectivity index (χ0) is 14.5. The monoisotopic (exact) mass is 308 g/mol. The van der Waals surface area contributed by atoms with Gasteiger partial charge in [-0.15, -0.1) is 0 Å². The Balaban J connectivity index is 1.37. The highest BCUT2D eigenvalue weighted by molar-refractivity contribution is 6.32. The second kappa shape index (κ2) is 7.48. The van der Waals surface area contributed by atoms with Crippen molar-refractivity contribution in [1.82, 2.24) is 10.2 Å². The Labute approximate surface area is 132 Å². The van der Waals surface area contributed by atoms with E-state index < -0.39 is 0 Å². The maximum absolute atomic E-state index is 6.09. The van der Waals surface area contributed by atoms with E-state index in [1.54, 1.807) is 0 Å². The normalized spacial score (nSPS) is 24.3. The van der Waals surface area contributed by atoms with Crippen LogP contribution < -0.4 is 10.1 Å². The molecule has 0 saturated carbocycles. The maximum atomic E-state index is 6.09. The molecular formula is C17H25ClN2O. The second-order valence-electron chi connectivity index (χ2n) is 6.16. The first kappa shape index (κ1) is 15.1. The summed E-state index contributed by atoms with van der Waals surface area (Å²) < 4.78 is 5.78. The standard InChI is InChI=1S/C17H25ClN2O/c18-15-4-1-2-6-17(15)21-13-12-20-10-7-14(8-11-20)16-5-3-9-19-16/h1-2,4,6,14,16,19H,3,5,7-13H2. The van der Waals surface area contributed by atoms with Gasteiger partial charge in [-0.3, -0.25) is 4.90 Å². The van der Waals surface area contributed by atoms with Crippen molar-refractivity contribution in [2.45, 2.75) is 31.7 Å². The summed E-state index contributed by atoms with van der Waals surface area (Å²) in [6.07, 6.45) is 5.38. The van der Waals surface area contributed by atoms with Crippen molar-refractivity contribution in [2.24, 2.45) is 5.92 Å². The molecule has 0 bridgehead atoms. The number of hydrogen-bond donors (Lipinski definition) is 1. The maximum Gasteiger partial charge on any atom is 0.137 e. The highest BCUT2D eigenvalue weighted by atomic mass is 35.5. The fraction of sp³-hybridized carbons (Fsp3) is 0.647. The van der Waals surface area contributed by atoms with E-state index in [1.807, 2.05) is 24.3 Å². The average Bonchev–Trinajstić information content (AvgIpc) is 3.04. The lowest BCUT2D eigenvalue weighted by molar-refractivity contribution is 0.141. The van der Waals surface area contributed by atoms with Crippen molar-refractivity contribution >= 4 is 11.6 Å². The van der Waals surface area contributed by atoms with E-state index in [0.29, 0.717) is 5.02 Å². The zero-order valence-corrected chi connectivity index (χ0v) is 13.3. The number of likely N-dealkylation sites (tertiary alicyclic amines) is 1. The third-order valence-electron chi connectivity index (χ3n) is 4.80. The summed E-state index contributed by atoms with van der Waals surface area (Å²) in [4.78, 5) is 2.52. The van der Waals surface area contributed by atoms with Crippen LogP contribution in [0.15, 0.2) is 24.3 Å². The summed E-state index contributed by atoms with van der Waals surface area (Å²) in [5.41, 5.74) is 0. The van der Waals surface area contributed by atoms with Crippen LogP contribution >= 0.6 is 11.6 Å². The van der Waals surface area contributed by atoms with Crippen LogP contribution in [0.3, 0.4) is 0 Å². The number of halogens is 1. The van der Waals surface area contributed by atoms with Crippen LogP contribution in [-0.2, 0) is 0 Å². The number of benzene rings is 1. The van der Waals surface area contributed by atoms with Crippen LogP contribution in [0.5, 0.6) is 5.75 Å². The fourth-order valence-electron chi connectivity index (χ4n) is 3.54. The molecule has 1 atom stereocenters. The molecular weight excluding hydrogens is 284 g/mol. The van der Waals surface area contributed by atoms with Crippen LogP contribution in [0, 0.1) is 5.92 Å². The second-order valence-corrected chi connectivity index (χ2v) is 6.57. The number of nitrogens with one attached hydrogen (secondary N) is 1. The zero-order valence-electron chi connectivity index (χ0n) is 12.6. The first-order valence-corrected chi connectivity index (χ1v) is 8.54. The minimum absolute atomic E-state index is 0.698. The van der Waals surface area contributed by atoms with Gasteiger partial charge in [0, 0.05) is 12.6 Å². The van der Waals surface area contributed by atoms with Crippen LogP contribution in [0.1, 0.15) is 25.7 Å². The Morgan fingerprint density at radius 1 is 1.19 bits per heavy atom. The summed E-state index contributed by atoms with van der Waals surface area (Å²) in [7, 11) is 0. The molecule has 2 saturated heterocycles. The fourth-order valence-corrected chi connectivity index (χ4v) is 3.73. The Morgan fingerprint density at radius 2 is 2.00 bits per heavy atom. The lowest BCUT2D eigenvalue weighted by Gasteiger charge is -2.34. The number of piperidine rings is 1. The molecule has 1 aromatic rings. The largest absolute Gasteiger partial charge is 0.491 e. The van der Waals surface area contributed by atoms with Crippen LogP contribution in [0.2, 0.25) is 5.02 Å². The van der Waals surface area contributed by atoms with Gasteiger partial charge < -0.3 is 10.1 Å². The summed E-state index contributed by atoms with van der Waals surface area (Å²) in [5.74, 6) is 1.68. The van der Waals surface area contributed by atoms with Gasteiger partial charge in [-0.1, -0.05) is 23.7 Å². The van der Waals surface area contributed by atoms with Gasteiger partial charge in [0.05, 0.1) is 5.02 Å². The first-order valence-electron chi connectivity index (χ1n) is 8.16. The van der Waals surface area contributed by atoms with Gasteiger partial charge in [0.2, 0.25) is 0 Å². The summed E-state index contributed by atoms with van der Waals surface area (Å²) >= 11 is 6.09. The molecule has 0 amide bonds. The quantitative estimate of drug-likeness (QED) is 0.904. The molecule has 1 N–H and O–H groups in total. The molecule has 4 heteroatoms. The molecule has 0 aromatic heterocycles. The molecule has 0 radical (unpaired) electrons. The van der Waals surface area contributed by atoms with Crippen LogP contribution in [0.25, 0.3) is 0 Å². The van der Waals surface area contributed by atoms with E-state index in [4.69, 9.17) is 16.3 Å². The lowest BCUT2D eigenvalue weighted by atomic mass is 9.88. The molecule has 3 nitrogen and oxygen atoms in total. The van der Waals surface area contributed by atoms with Gasteiger partial charge in [0.15, 0.2) is 0 Å². The molecule has 2 aliphatic heterocycles. The van der Waals surface area contributed by atoms with Gasteiger partial charge in [-0.05, 0) is 63.4 Å². The SMILES string of the molecule is Clc1ccccc1OCCN1CCC(C2CCCN2)CC1. The van der Waals surface area contributed by atoms with Gasteiger partial charge >= 0.3 is 0 Å².